The van der Waals surface area contributed by atoms with Gasteiger partial charge >= 0.3 is 11.9 Å². The highest BCUT2D eigenvalue weighted by molar-refractivity contribution is 7.45. The number of ether oxygens (including phenoxy) is 6. The maximum absolute atomic E-state index is 12.3. The van der Waals surface area contributed by atoms with Gasteiger partial charge in [0.05, 0.1) is 20.1 Å². The van der Waals surface area contributed by atoms with Crippen molar-refractivity contribution in [1.29, 1.82) is 0 Å². The molecule has 0 saturated heterocycles. The third-order valence-electron chi connectivity index (χ3n) is 3.90. The van der Waals surface area contributed by atoms with Crippen molar-refractivity contribution < 1.29 is 57.4 Å². The number of carbonyl (C=O) groups is 4. The molecule has 2 N–H and O–H groups in total. The van der Waals surface area contributed by atoms with E-state index in [9.17, 15) is 29.0 Å². The van der Waals surface area contributed by atoms with Crippen molar-refractivity contribution in [2.24, 2.45) is 5.92 Å². The zero-order chi connectivity index (χ0) is 23.8. The Morgan fingerprint density at radius 3 is 1.81 bits per heavy atom. The molecule has 0 amide bonds. The molecule has 0 aromatic heterocycles. The second-order valence-electron chi connectivity index (χ2n) is 5.85. The lowest BCUT2D eigenvalue weighted by Crippen LogP contribution is -2.24. The van der Waals surface area contributed by atoms with Gasteiger partial charge in [0.15, 0.2) is 33.1 Å². The van der Waals surface area contributed by atoms with Gasteiger partial charge in [0.1, 0.15) is 11.5 Å². The van der Waals surface area contributed by atoms with Crippen LogP contribution in [0, 0.1) is 5.92 Å². The average Bonchev–Trinajstić information content (AvgIpc) is 2.75. The van der Waals surface area contributed by atoms with Gasteiger partial charge in [-0.3, -0.25) is 19.2 Å². The van der Waals surface area contributed by atoms with Gasteiger partial charge in [-0.15, -0.1) is 0 Å². The molecule has 0 aliphatic heterocycles. The van der Waals surface area contributed by atoms with Crippen molar-refractivity contribution >= 4 is 33.3 Å². The van der Waals surface area contributed by atoms with Crippen molar-refractivity contribution in [3.05, 3.63) is 23.0 Å². The molecule has 12 nitrogen and oxygen atoms in total. The van der Waals surface area contributed by atoms with Crippen LogP contribution in [0.3, 0.4) is 0 Å². The monoisotopic (exact) mass is 466 g/mol. The number of allylic oxidation sites excluding steroid dienone is 2. The van der Waals surface area contributed by atoms with Crippen molar-refractivity contribution in [2.75, 3.05) is 33.6 Å². The quantitative estimate of drug-likeness (QED) is 0.109. The summed E-state index contributed by atoms with van der Waals surface area (Å²) in [5, 5.41) is 0. The summed E-state index contributed by atoms with van der Waals surface area (Å²) in [7, 11) is 0.233. The van der Waals surface area contributed by atoms with E-state index in [1.54, 1.807) is 0 Å². The highest BCUT2D eigenvalue weighted by Crippen LogP contribution is 2.29. The summed E-state index contributed by atoms with van der Waals surface area (Å²) in [5.41, 5.74) is 0. The first-order valence-electron chi connectivity index (χ1n) is 8.85. The lowest BCUT2D eigenvalue weighted by atomic mass is 10.1. The fourth-order valence-electron chi connectivity index (χ4n) is 2.03. The fraction of sp³-hybridized carbons (Fsp3) is 0.556. The van der Waals surface area contributed by atoms with Gasteiger partial charge in [0, 0.05) is 12.6 Å². The van der Waals surface area contributed by atoms with Crippen molar-refractivity contribution in [2.45, 2.75) is 26.7 Å². The van der Waals surface area contributed by atoms with Crippen LogP contribution in [0.5, 0.6) is 0 Å². The van der Waals surface area contributed by atoms with Crippen LogP contribution in [-0.4, -0.2) is 68.3 Å². The summed E-state index contributed by atoms with van der Waals surface area (Å²) in [5.74, 6) is -2.19. The van der Waals surface area contributed by atoms with E-state index in [-0.39, 0.29) is 61.6 Å². The molecule has 13 heteroatoms. The minimum Gasteiger partial charge on any atom is -0.498 e. The molecule has 0 bridgehead atoms. The second-order valence-corrected chi connectivity index (χ2v) is 6.96. The third-order valence-corrected chi connectivity index (χ3v) is 4.67. The van der Waals surface area contributed by atoms with Gasteiger partial charge in [0.2, 0.25) is 0 Å². The Hall–Kier alpha value is -2.69. The van der Waals surface area contributed by atoms with E-state index in [4.69, 9.17) is 18.9 Å². The average molecular weight is 466 g/mol. The van der Waals surface area contributed by atoms with Crippen LogP contribution in [0.15, 0.2) is 23.0 Å². The molecule has 1 atom stereocenters. The zero-order valence-electron chi connectivity index (χ0n) is 17.7. The molecule has 176 valence electrons. The minimum absolute atomic E-state index is 0.000876. The van der Waals surface area contributed by atoms with Crippen LogP contribution in [0.2, 0.25) is 0 Å². The SMILES string of the molecule is CO/C(C)=C(/COC(=O)CCC(CP(O)O)C(=O)OC/C(OC=O)=C(\C)OC)OC=O. The predicted octanol–water partition coefficient (Wildman–Crippen LogP) is 0.867. The van der Waals surface area contributed by atoms with Crippen LogP contribution in [0.25, 0.3) is 0 Å². The number of hydrogen-bond donors (Lipinski definition) is 2. The Bertz CT molecular complexity index is 670. The first-order valence-corrected chi connectivity index (χ1v) is 10.3. The molecule has 0 aliphatic rings. The smallest absolute Gasteiger partial charge is 0.309 e. The summed E-state index contributed by atoms with van der Waals surface area (Å²) in [6, 6.07) is 0. The van der Waals surface area contributed by atoms with Crippen LogP contribution in [-0.2, 0) is 47.6 Å². The standard InChI is InChI=1S/C18H27O12P/c1-12(25-3)15(29-10-19)7-27-17(21)6-5-14(9-31(23)24)18(22)28-8-16(30-11-20)13(2)26-4/h10-11,14,23-24H,5-9H2,1-4H3/b15-12-,16-13-. The van der Waals surface area contributed by atoms with Crippen molar-refractivity contribution in [1.82, 2.24) is 0 Å². The Morgan fingerprint density at radius 2 is 1.39 bits per heavy atom. The van der Waals surface area contributed by atoms with E-state index in [2.05, 4.69) is 9.47 Å². The van der Waals surface area contributed by atoms with Gasteiger partial charge in [-0.1, -0.05) is 0 Å². The van der Waals surface area contributed by atoms with Crippen LogP contribution >= 0.6 is 8.38 Å². The lowest BCUT2D eigenvalue weighted by Gasteiger charge is -2.17. The van der Waals surface area contributed by atoms with E-state index in [0.717, 1.165) is 0 Å². The molecule has 0 aliphatic carbocycles. The van der Waals surface area contributed by atoms with E-state index in [1.165, 1.54) is 28.1 Å². The Morgan fingerprint density at radius 1 is 0.903 bits per heavy atom. The maximum Gasteiger partial charge on any atom is 0.309 e. The predicted molar refractivity (Wildman–Crippen MR) is 105 cm³/mol. The molecule has 0 spiro atoms. The maximum atomic E-state index is 12.3. The van der Waals surface area contributed by atoms with E-state index in [0.29, 0.717) is 0 Å². The number of carbonyl (C=O) groups excluding carboxylic acids is 4. The zero-order valence-corrected chi connectivity index (χ0v) is 18.6. The van der Waals surface area contributed by atoms with Gasteiger partial charge < -0.3 is 38.2 Å². The lowest BCUT2D eigenvalue weighted by molar-refractivity contribution is -0.150. The van der Waals surface area contributed by atoms with Gasteiger partial charge in [0.25, 0.3) is 12.9 Å². The first-order chi connectivity index (χ1) is 14.7. The topological polar surface area (TPSA) is 164 Å². The normalized spacial score (nSPS) is 13.3. The molecule has 0 aromatic carbocycles. The van der Waals surface area contributed by atoms with Gasteiger partial charge in [-0.25, -0.2) is 0 Å². The fourth-order valence-corrected chi connectivity index (χ4v) is 2.75. The summed E-state index contributed by atoms with van der Waals surface area (Å²) in [6.07, 6.45) is -0.695. The number of hydrogen-bond acceptors (Lipinski definition) is 12. The molecule has 0 rings (SSSR count). The van der Waals surface area contributed by atoms with Crippen LogP contribution < -0.4 is 0 Å². The number of methoxy groups -OCH3 is 2. The Balaban J connectivity index is 4.91. The molecule has 0 heterocycles. The number of esters is 2. The van der Waals surface area contributed by atoms with Gasteiger partial charge in [-0.2, -0.15) is 0 Å². The highest BCUT2D eigenvalue weighted by atomic mass is 31.2. The molecule has 31 heavy (non-hydrogen) atoms. The molecule has 0 fully saturated rings. The molecule has 0 radical (unpaired) electrons. The van der Waals surface area contributed by atoms with Crippen LogP contribution in [0.4, 0.5) is 0 Å². The Labute approximate surface area is 180 Å². The van der Waals surface area contributed by atoms with Crippen molar-refractivity contribution in [3.8, 4) is 0 Å². The van der Waals surface area contributed by atoms with E-state index in [1.807, 2.05) is 0 Å². The van der Waals surface area contributed by atoms with Gasteiger partial charge in [-0.05, 0) is 20.3 Å². The first kappa shape index (κ1) is 28.3. The molecule has 0 aromatic rings. The third kappa shape index (κ3) is 11.9. The van der Waals surface area contributed by atoms with Crippen LogP contribution in [0.1, 0.15) is 26.7 Å². The summed E-state index contributed by atoms with van der Waals surface area (Å²) in [6.45, 7) is 2.50. The Kier molecular flexibility index (Phi) is 14.7. The minimum atomic E-state index is -2.45. The summed E-state index contributed by atoms with van der Waals surface area (Å²) < 4.78 is 29.2. The molecule has 0 saturated carbocycles. The van der Waals surface area contributed by atoms with Crippen molar-refractivity contribution in [3.63, 3.8) is 0 Å². The largest absolute Gasteiger partial charge is 0.498 e. The van der Waals surface area contributed by atoms with E-state index >= 15 is 0 Å². The molecule has 1 unspecified atom stereocenters. The van der Waals surface area contributed by atoms with E-state index < -0.39 is 32.8 Å². The summed E-state index contributed by atoms with van der Waals surface area (Å²) in [4.78, 5) is 63.9. The second kappa shape index (κ2) is 16.1. The highest BCUT2D eigenvalue weighted by Gasteiger charge is 2.25. The molecular formula is C18H27O12P. The summed E-state index contributed by atoms with van der Waals surface area (Å²) >= 11 is 0. The number of rotatable bonds is 16. The molecular weight excluding hydrogens is 439 g/mol.